The average Bonchev–Trinajstić information content (AvgIpc) is 2.60. The van der Waals surface area contributed by atoms with Gasteiger partial charge in [-0.1, -0.05) is 0 Å². The molecule has 0 aliphatic heterocycles. The van der Waals surface area contributed by atoms with Gasteiger partial charge in [-0.15, -0.1) is 0 Å². The molecule has 3 heteroatoms. The molecule has 1 aromatic rings. The third-order valence-electron chi connectivity index (χ3n) is 1.94. The number of rotatable bonds is 5. The van der Waals surface area contributed by atoms with Crippen LogP contribution in [-0.2, 0) is 11.3 Å². The molecule has 0 aliphatic carbocycles. The van der Waals surface area contributed by atoms with E-state index in [9.17, 15) is 0 Å². The van der Waals surface area contributed by atoms with Gasteiger partial charge in [0.05, 0.1) is 0 Å². The van der Waals surface area contributed by atoms with E-state index in [1.807, 2.05) is 22.9 Å². The zero-order chi connectivity index (χ0) is 9.52. The van der Waals surface area contributed by atoms with Crippen molar-refractivity contribution in [2.24, 2.45) is 0 Å². The normalized spacial score (nSPS) is 9.85. The van der Waals surface area contributed by atoms with E-state index in [4.69, 9.17) is 10.00 Å². The molecular weight excluding hydrogens is 164 g/mol. The highest BCUT2D eigenvalue weighted by molar-refractivity contribution is 5.21. The van der Waals surface area contributed by atoms with E-state index >= 15 is 0 Å². The number of unbranched alkanes of at least 4 members (excludes halogenated alkanes) is 1. The Labute approximate surface area is 78.5 Å². The van der Waals surface area contributed by atoms with Gasteiger partial charge in [0.25, 0.3) is 0 Å². The van der Waals surface area contributed by atoms with Crippen LogP contribution < -0.4 is 0 Å². The van der Waals surface area contributed by atoms with Crippen molar-refractivity contribution < 1.29 is 4.74 Å². The SMILES string of the molecule is COCCCCn1cccc1C#N. The molecule has 0 saturated carbocycles. The summed E-state index contributed by atoms with van der Waals surface area (Å²) in [6.45, 7) is 1.70. The summed E-state index contributed by atoms with van der Waals surface area (Å²) in [6, 6.07) is 5.88. The van der Waals surface area contributed by atoms with Crippen molar-refractivity contribution >= 4 is 0 Å². The Kier molecular flexibility index (Phi) is 4.07. The fraction of sp³-hybridized carbons (Fsp3) is 0.500. The van der Waals surface area contributed by atoms with Gasteiger partial charge in [0.1, 0.15) is 11.8 Å². The molecule has 0 bridgehead atoms. The Balaban J connectivity index is 2.33. The summed E-state index contributed by atoms with van der Waals surface area (Å²) >= 11 is 0. The van der Waals surface area contributed by atoms with Crippen molar-refractivity contribution in [2.75, 3.05) is 13.7 Å². The highest BCUT2D eigenvalue weighted by atomic mass is 16.5. The van der Waals surface area contributed by atoms with Crippen LogP contribution in [0.4, 0.5) is 0 Å². The van der Waals surface area contributed by atoms with Gasteiger partial charge in [0, 0.05) is 26.5 Å². The topological polar surface area (TPSA) is 38.0 Å². The Morgan fingerprint density at radius 1 is 1.54 bits per heavy atom. The summed E-state index contributed by atoms with van der Waals surface area (Å²) in [5.41, 5.74) is 0.734. The third kappa shape index (κ3) is 2.92. The number of nitriles is 1. The molecule has 0 aromatic carbocycles. The van der Waals surface area contributed by atoms with Gasteiger partial charge >= 0.3 is 0 Å². The first-order chi connectivity index (χ1) is 6.38. The predicted molar refractivity (Wildman–Crippen MR) is 50.3 cm³/mol. The molecule has 0 amide bonds. The van der Waals surface area contributed by atoms with Gasteiger partial charge in [-0.2, -0.15) is 5.26 Å². The monoisotopic (exact) mass is 178 g/mol. The lowest BCUT2D eigenvalue weighted by atomic mass is 10.3. The molecule has 70 valence electrons. The van der Waals surface area contributed by atoms with E-state index in [0.29, 0.717) is 0 Å². The average molecular weight is 178 g/mol. The third-order valence-corrected chi connectivity index (χ3v) is 1.94. The van der Waals surface area contributed by atoms with E-state index in [2.05, 4.69) is 6.07 Å². The maximum atomic E-state index is 8.71. The van der Waals surface area contributed by atoms with Crippen molar-refractivity contribution in [3.63, 3.8) is 0 Å². The minimum atomic E-state index is 0.734. The van der Waals surface area contributed by atoms with Crippen LogP contribution in [-0.4, -0.2) is 18.3 Å². The van der Waals surface area contributed by atoms with Gasteiger partial charge in [-0.3, -0.25) is 0 Å². The second-order valence-corrected chi connectivity index (χ2v) is 2.90. The van der Waals surface area contributed by atoms with Crippen molar-refractivity contribution in [1.82, 2.24) is 4.57 Å². The Bertz CT molecular complexity index is 285. The zero-order valence-corrected chi connectivity index (χ0v) is 7.86. The molecular formula is C10H14N2O. The fourth-order valence-electron chi connectivity index (χ4n) is 1.24. The first-order valence-electron chi connectivity index (χ1n) is 4.42. The van der Waals surface area contributed by atoms with Crippen LogP contribution in [0.1, 0.15) is 18.5 Å². The van der Waals surface area contributed by atoms with E-state index < -0.39 is 0 Å². The summed E-state index contributed by atoms with van der Waals surface area (Å²) in [7, 11) is 1.70. The summed E-state index contributed by atoms with van der Waals surface area (Å²) in [4.78, 5) is 0. The quantitative estimate of drug-likeness (QED) is 0.644. The Morgan fingerprint density at radius 3 is 3.08 bits per heavy atom. The maximum absolute atomic E-state index is 8.71. The van der Waals surface area contributed by atoms with Gasteiger partial charge in [0.15, 0.2) is 0 Å². The molecule has 0 unspecified atom stereocenters. The van der Waals surface area contributed by atoms with Crippen molar-refractivity contribution in [3.8, 4) is 6.07 Å². The maximum Gasteiger partial charge on any atom is 0.120 e. The van der Waals surface area contributed by atoms with Crippen LogP contribution in [0.3, 0.4) is 0 Å². The molecule has 0 fully saturated rings. The molecule has 0 atom stereocenters. The van der Waals surface area contributed by atoms with Crippen LogP contribution in [0.25, 0.3) is 0 Å². The van der Waals surface area contributed by atoms with E-state index in [-0.39, 0.29) is 0 Å². The largest absolute Gasteiger partial charge is 0.385 e. The number of ether oxygens (including phenoxy) is 1. The highest BCUT2D eigenvalue weighted by Gasteiger charge is 1.97. The molecule has 0 radical (unpaired) electrons. The number of nitrogens with zero attached hydrogens (tertiary/aromatic N) is 2. The molecule has 0 spiro atoms. The number of hydrogen-bond donors (Lipinski definition) is 0. The number of aromatic nitrogens is 1. The van der Waals surface area contributed by atoms with E-state index in [0.717, 1.165) is 31.7 Å². The van der Waals surface area contributed by atoms with Crippen LogP contribution in [0, 0.1) is 11.3 Å². The molecule has 1 rings (SSSR count). The number of methoxy groups -OCH3 is 1. The van der Waals surface area contributed by atoms with Crippen LogP contribution >= 0.6 is 0 Å². The van der Waals surface area contributed by atoms with Gasteiger partial charge in [0.2, 0.25) is 0 Å². The van der Waals surface area contributed by atoms with Crippen LogP contribution in [0.2, 0.25) is 0 Å². The molecule has 0 aliphatic rings. The number of aryl methyl sites for hydroxylation is 1. The summed E-state index contributed by atoms with van der Waals surface area (Å²) in [5.74, 6) is 0. The lowest BCUT2D eigenvalue weighted by molar-refractivity contribution is 0.191. The molecule has 1 heterocycles. The smallest absolute Gasteiger partial charge is 0.120 e. The summed E-state index contributed by atoms with van der Waals surface area (Å²) in [6.07, 6.45) is 4.03. The summed E-state index contributed by atoms with van der Waals surface area (Å²) in [5, 5.41) is 8.71. The van der Waals surface area contributed by atoms with Gasteiger partial charge in [-0.05, 0) is 25.0 Å². The van der Waals surface area contributed by atoms with Gasteiger partial charge < -0.3 is 9.30 Å². The Hall–Kier alpha value is -1.27. The molecule has 13 heavy (non-hydrogen) atoms. The molecule has 3 nitrogen and oxygen atoms in total. The zero-order valence-electron chi connectivity index (χ0n) is 7.86. The first kappa shape index (κ1) is 9.82. The molecule has 1 aromatic heterocycles. The first-order valence-corrected chi connectivity index (χ1v) is 4.42. The molecule has 0 N–H and O–H groups in total. The van der Waals surface area contributed by atoms with Crippen molar-refractivity contribution in [1.29, 1.82) is 5.26 Å². The second kappa shape index (κ2) is 5.39. The second-order valence-electron chi connectivity index (χ2n) is 2.90. The highest BCUT2D eigenvalue weighted by Crippen LogP contribution is 2.02. The van der Waals surface area contributed by atoms with E-state index in [1.165, 1.54) is 0 Å². The Morgan fingerprint density at radius 2 is 2.38 bits per heavy atom. The minimum absolute atomic E-state index is 0.734. The van der Waals surface area contributed by atoms with Crippen molar-refractivity contribution in [3.05, 3.63) is 24.0 Å². The molecule has 0 saturated heterocycles. The van der Waals surface area contributed by atoms with Crippen molar-refractivity contribution in [2.45, 2.75) is 19.4 Å². The lowest BCUT2D eigenvalue weighted by Gasteiger charge is -2.03. The lowest BCUT2D eigenvalue weighted by Crippen LogP contribution is -2.00. The standard InChI is InChI=1S/C10H14N2O/c1-13-8-3-2-6-12-7-4-5-10(12)9-11/h4-5,7H,2-3,6,8H2,1H3. The van der Waals surface area contributed by atoms with Crippen LogP contribution in [0.5, 0.6) is 0 Å². The van der Waals surface area contributed by atoms with Gasteiger partial charge in [-0.25, -0.2) is 0 Å². The predicted octanol–water partition coefficient (Wildman–Crippen LogP) is 1.79. The minimum Gasteiger partial charge on any atom is -0.385 e. The fourth-order valence-corrected chi connectivity index (χ4v) is 1.24. The summed E-state index contributed by atoms with van der Waals surface area (Å²) < 4.78 is 6.91. The number of hydrogen-bond acceptors (Lipinski definition) is 2. The van der Waals surface area contributed by atoms with Crippen LogP contribution in [0.15, 0.2) is 18.3 Å². The van der Waals surface area contributed by atoms with E-state index in [1.54, 1.807) is 7.11 Å².